The molecule has 1 aliphatic carbocycles. The summed E-state index contributed by atoms with van der Waals surface area (Å²) in [4.78, 5) is 41.3. The Morgan fingerprint density at radius 1 is 1.19 bits per heavy atom. The minimum absolute atomic E-state index is 0.0695. The van der Waals surface area contributed by atoms with Crippen LogP contribution >= 0.6 is 0 Å². The number of amides is 4. The number of hydrogen-bond acceptors (Lipinski definition) is 3. The second-order valence-electron chi connectivity index (χ2n) is 7.33. The van der Waals surface area contributed by atoms with Crippen molar-refractivity contribution in [2.75, 3.05) is 13.1 Å². The van der Waals surface area contributed by atoms with Crippen molar-refractivity contribution < 1.29 is 14.4 Å². The summed E-state index contributed by atoms with van der Waals surface area (Å²) in [7, 11) is 0. The molecular formula is C20H24N4O3. The van der Waals surface area contributed by atoms with Crippen LogP contribution in [-0.2, 0) is 16.0 Å². The molecule has 2 aromatic rings. The monoisotopic (exact) mass is 368 g/mol. The number of aromatic amines is 1. The predicted molar refractivity (Wildman–Crippen MR) is 101 cm³/mol. The molecule has 2 heterocycles. The molecule has 2 fully saturated rings. The number of carbonyl (C=O) groups is 3. The summed E-state index contributed by atoms with van der Waals surface area (Å²) in [6, 6.07) is 7.49. The van der Waals surface area contributed by atoms with Crippen molar-refractivity contribution in [3.8, 4) is 0 Å². The summed E-state index contributed by atoms with van der Waals surface area (Å²) in [6.45, 7) is 0.234. The molecule has 3 N–H and O–H groups in total. The molecule has 0 spiro atoms. The maximum atomic E-state index is 12.6. The highest BCUT2D eigenvalue weighted by Gasteiger charge is 2.42. The number of aromatic nitrogens is 1. The lowest BCUT2D eigenvalue weighted by Crippen LogP contribution is -2.62. The molecule has 1 aromatic carbocycles. The third kappa shape index (κ3) is 3.54. The van der Waals surface area contributed by atoms with Crippen molar-refractivity contribution >= 4 is 28.7 Å². The SMILES string of the molecule is O=C(CN1C(=O)NC2CCCCC2C1=O)NCCc1c[nH]c2ccccc12. The average molecular weight is 368 g/mol. The number of imide groups is 1. The van der Waals surface area contributed by atoms with E-state index in [1.54, 1.807) is 0 Å². The van der Waals surface area contributed by atoms with Crippen molar-refractivity contribution in [1.29, 1.82) is 0 Å². The van der Waals surface area contributed by atoms with Gasteiger partial charge in [-0.05, 0) is 30.9 Å². The molecule has 2 atom stereocenters. The number of urea groups is 1. The fourth-order valence-corrected chi connectivity index (χ4v) is 4.16. The zero-order chi connectivity index (χ0) is 18.8. The van der Waals surface area contributed by atoms with Gasteiger partial charge in [-0.2, -0.15) is 0 Å². The number of nitrogens with one attached hydrogen (secondary N) is 3. The summed E-state index contributed by atoms with van der Waals surface area (Å²) in [5.41, 5.74) is 2.19. The Labute approximate surface area is 157 Å². The maximum Gasteiger partial charge on any atom is 0.324 e. The lowest BCUT2D eigenvalue weighted by Gasteiger charge is -2.39. The topological polar surface area (TPSA) is 94.3 Å². The van der Waals surface area contributed by atoms with Crippen LogP contribution in [0.4, 0.5) is 4.79 Å². The van der Waals surface area contributed by atoms with Crippen LogP contribution in [0.15, 0.2) is 30.5 Å². The molecule has 142 valence electrons. The lowest BCUT2D eigenvalue weighted by atomic mass is 9.82. The highest BCUT2D eigenvalue weighted by atomic mass is 16.2. The van der Waals surface area contributed by atoms with Gasteiger partial charge in [-0.15, -0.1) is 0 Å². The van der Waals surface area contributed by atoms with Crippen LogP contribution in [0.5, 0.6) is 0 Å². The van der Waals surface area contributed by atoms with Crippen molar-refractivity contribution in [3.63, 3.8) is 0 Å². The summed E-state index contributed by atoms with van der Waals surface area (Å²) in [5.74, 6) is -0.710. The van der Waals surface area contributed by atoms with Crippen LogP contribution in [-0.4, -0.2) is 46.9 Å². The van der Waals surface area contributed by atoms with Gasteiger partial charge in [-0.25, -0.2) is 4.79 Å². The summed E-state index contributed by atoms with van der Waals surface area (Å²) in [6.07, 6.45) is 6.27. The van der Waals surface area contributed by atoms with Gasteiger partial charge in [0.1, 0.15) is 6.54 Å². The minimum atomic E-state index is -0.449. The second-order valence-corrected chi connectivity index (χ2v) is 7.33. The van der Waals surface area contributed by atoms with Gasteiger partial charge in [0.15, 0.2) is 0 Å². The van der Waals surface area contributed by atoms with E-state index in [2.05, 4.69) is 15.6 Å². The van der Waals surface area contributed by atoms with E-state index < -0.39 is 6.03 Å². The summed E-state index contributed by atoms with van der Waals surface area (Å²) >= 11 is 0. The molecule has 1 saturated carbocycles. The average Bonchev–Trinajstić information content (AvgIpc) is 3.08. The number of hydrogen-bond donors (Lipinski definition) is 3. The number of rotatable bonds is 5. The Balaban J connectivity index is 1.31. The van der Waals surface area contributed by atoms with Gasteiger partial charge in [-0.1, -0.05) is 31.0 Å². The van der Waals surface area contributed by atoms with Gasteiger partial charge >= 0.3 is 6.03 Å². The zero-order valence-corrected chi connectivity index (χ0v) is 15.2. The van der Waals surface area contributed by atoms with Gasteiger partial charge in [-0.3, -0.25) is 14.5 Å². The third-order valence-electron chi connectivity index (χ3n) is 5.60. The van der Waals surface area contributed by atoms with Crippen molar-refractivity contribution in [2.24, 2.45) is 5.92 Å². The number of para-hydroxylation sites is 1. The van der Waals surface area contributed by atoms with Gasteiger partial charge in [0, 0.05) is 29.7 Å². The van der Waals surface area contributed by atoms with Gasteiger partial charge in [0.2, 0.25) is 11.8 Å². The Morgan fingerprint density at radius 3 is 2.89 bits per heavy atom. The largest absolute Gasteiger partial charge is 0.361 e. The van der Waals surface area contributed by atoms with Gasteiger partial charge < -0.3 is 15.6 Å². The van der Waals surface area contributed by atoms with E-state index >= 15 is 0 Å². The molecular weight excluding hydrogens is 344 g/mol. The molecule has 7 nitrogen and oxygen atoms in total. The molecule has 1 aliphatic heterocycles. The first-order valence-corrected chi connectivity index (χ1v) is 9.57. The maximum absolute atomic E-state index is 12.6. The van der Waals surface area contributed by atoms with E-state index in [9.17, 15) is 14.4 Å². The van der Waals surface area contributed by atoms with Crippen LogP contribution in [0.25, 0.3) is 10.9 Å². The fraction of sp³-hybridized carbons (Fsp3) is 0.450. The number of carbonyl (C=O) groups excluding carboxylic acids is 3. The van der Waals surface area contributed by atoms with Gasteiger partial charge in [0.25, 0.3) is 0 Å². The number of fused-ring (bicyclic) bond motifs is 2. The third-order valence-corrected chi connectivity index (χ3v) is 5.60. The van der Waals surface area contributed by atoms with E-state index in [0.29, 0.717) is 13.0 Å². The molecule has 0 bridgehead atoms. The molecule has 1 saturated heterocycles. The summed E-state index contributed by atoms with van der Waals surface area (Å²) < 4.78 is 0. The van der Waals surface area contributed by atoms with E-state index in [1.165, 1.54) is 0 Å². The normalized spacial score (nSPS) is 22.4. The van der Waals surface area contributed by atoms with Crippen LogP contribution in [0.2, 0.25) is 0 Å². The van der Waals surface area contributed by atoms with Crippen LogP contribution in [0.1, 0.15) is 31.2 Å². The Morgan fingerprint density at radius 2 is 2.00 bits per heavy atom. The van der Waals surface area contributed by atoms with Crippen molar-refractivity contribution in [1.82, 2.24) is 20.5 Å². The number of benzene rings is 1. The first-order chi connectivity index (χ1) is 13.1. The Hall–Kier alpha value is -2.83. The molecule has 4 rings (SSSR count). The molecule has 0 radical (unpaired) electrons. The number of nitrogens with zero attached hydrogens (tertiary/aromatic N) is 1. The molecule has 7 heteroatoms. The van der Waals surface area contributed by atoms with E-state index in [-0.39, 0.29) is 30.3 Å². The predicted octanol–water partition coefficient (Wildman–Crippen LogP) is 1.94. The molecule has 4 amide bonds. The van der Waals surface area contributed by atoms with Crippen LogP contribution in [0.3, 0.4) is 0 Å². The minimum Gasteiger partial charge on any atom is -0.361 e. The van der Waals surface area contributed by atoms with E-state index in [0.717, 1.165) is 47.0 Å². The van der Waals surface area contributed by atoms with E-state index in [4.69, 9.17) is 0 Å². The fourth-order valence-electron chi connectivity index (χ4n) is 4.16. The molecule has 2 unspecified atom stereocenters. The van der Waals surface area contributed by atoms with Crippen LogP contribution in [0, 0.1) is 5.92 Å². The van der Waals surface area contributed by atoms with Crippen molar-refractivity contribution in [3.05, 3.63) is 36.0 Å². The van der Waals surface area contributed by atoms with Crippen LogP contribution < -0.4 is 10.6 Å². The van der Waals surface area contributed by atoms with Gasteiger partial charge in [0.05, 0.1) is 5.92 Å². The standard InChI is InChI=1S/C20H24N4O3/c25-18(21-10-9-13-11-22-16-7-3-1-5-14(13)16)12-24-19(26)15-6-2-4-8-17(15)23-20(24)27/h1,3,5,7,11,15,17,22H,2,4,6,8-10,12H2,(H,21,25)(H,23,27). The zero-order valence-electron chi connectivity index (χ0n) is 15.2. The Bertz CT molecular complexity index is 875. The highest BCUT2D eigenvalue weighted by molar-refractivity contribution is 6.01. The second kappa shape index (κ2) is 7.42. The highest BCUT2D eigenvalue weighted by Crippen LogP contribution is 2.29. The molecule has 2 aliphatic rings. The first kappa shape index (κ1) is 17.6. The molecule has 1 aromatic heterocycles. The quantitative estimate of drug-likeness (QED) is 0.753. The number of H-pyrrole nitrogens is 1. The lowest BCUT2D eigenvalue weighted by molar-refractivity contribution is -0.139. The summed E-state index contributed by atoms with van der Waals surface area (Å²) in [5, 5.41) is 6.84. The molecule has 27 heavy (non-hydrogen) atoms. The Kier molecular flexibility index (Phi) is 4.83. The van der Waals surface area contributed by atoms with E-state index in [1.807, 2.05) is 30.5 Å². The first-order valence-electron chi connectivity index (χ1n) is 9.57. The smallest absolute Gasteiger partial charge is 0.324 e. The van der Waals surface area contributed by atoms with Crippen molar-refractivity contribution in [2.45, 2.75) is 38.1 Å².